The number of aliphatic imine (C=N–C) groups is 1. The fraction of sp³-hybridized carbons (Fsp3) is 0.571. The summed E-state index contributed by atoms with van der Waals surface area (Å²) >= 11 is 0. The van der Waals surface area contributed by atoms with Crippen LogP contribution >= 0.6 is 24.0 Å². The molecule has 0 aliphatic heterocycles. The lowest BCUT2D eigenvalue weighted by Crippen LogP contribution is -2.45. The topological polar surface area (TPSA) is 67.1 Å². The number of aryl methyl sites for hydroxylation is 1. The van der Waals surface area contributed by atoms with Gasteiger partial charge in [0.1, 0.15) is 18.2 Å². The number of hydrogen-bond acceptors (Lipinski definition) is 3. The summed E-state index contributed by atoms with van der Waals surface area (Å²) < 4.78 is 15.6. The van der Waals surface area contributed by atoms with Gasteiger partial charge in [0.15, 0.2) is 11.8 Å². The first kappa shape index (κ1) is 22.0. The number of nitrogens with zero attached hydrogens (tertiary/aromatic N) is 4. The van der Waals surface area contributed by atoms with Crippen molar-refractivity contribution in [3.05, 3.63) is 47.3 Å². The second kappa shape index (κ2) is 9.40. The van der Waals surface area contributed by atoms with Crippen molar-refractivity contribution in [1.82, 2.24) is 25.4 Å². The van der Waals surface area contributed by atoms with E-state index in [4.69, 9.17) is 4.99 Å². The molecule has 0 radical (unpaired) electrons. The number of nitrogens with one attached hydrogen (secondary N) is 2. The third-order valence-corrected chi connectivity index (χ3v) is 6.14. The molecule has 2 saturated carbocycles. The molecule has 2 aliphatic carbocycles. The van der Waals surface area contributed by atoms with Crippen LogP contribution in [0.5, 0.6) is 0 Å². The van der Waals surface area contributed by atoms with Gasteiger partial charge in [0.05, 0.1) is 0 Å². The summed E-state index contributed by atoms with van der Waals surface area (Å²) in [5.74, 6) is 2.37. The molecule has 1 heterocycles. The molecule has 8 heteroatoms. The Labute approximate surface area is 188 Å². The van der Waals surface area contributed by atoms with Gasteiger partial charge in [0.2, 0.25) is 0 Å². The third kappa shape index (κ3) is 5.26. The highest BCUT2D eigenvalue weighted by Gasteiger charge is 2.44. The molecule has 0 atom stereocenters. The van der Waals surface area contributed by atoms with Crippen LogP contribution < -0.4 is 10.6 Å². The third-order valence-electron chi connectivity index (χ3n) is 6.14. The van der Waals surface area contributed by atoms with E-state index in [1.165, 1.54) is 31.7 Å². The number of halogens is 2. The van der Waals surface area contributed by atoms with Gasteiger partial charge in [-0.3, -0.25) is 0 Å². The number of aromatic nitrogens is 3. The van der Waals surface area contributed by atoms with Crippen LogP contribution in [-0.4, -0.2) is 33.3 Å². The Kier molecular flexibility index (Phi) is 7.13. The van der Waals surface area contributed by atoms with Crippen LogP contribution in [0.2, 0.25) is 0 Å². The van der Waals surface area contributed by atoms with Crippen molar-refractivity contribution in [3.8, 4) is 0 Å². The molecule has 0 amide bonds. The molecule has 0 bridgehead atoms. The summed E-state index contributed by atoms with van der Waals surface area (Å²) in [5, 5.41) is 15.4. The summed E-state index contributed by atoms with van der Waals surface area (Å²) in [5.41, 5.74) is 1.09. The molecule has 2 N–H and O–H groups in total. The maximum Gasteiger partial charge on any atom is 0.191 e. The number of hydrogen-bond donors (Lipinski definition) is 2. The minimum atomic E-state index is -0.167. The van der Waals surface area contributed by atoms with E-state index in [1.807, 2.05) is 24.6 Å². The summed E-state index contributed by atoms with van der Waals surface area (Å²) in [6.45, 7) is 3.17. The van der Waals surface area contributed by atoms with Crippen molar-refractivity contribution < 1.29 is 4.39 Å². The van der Waals surface area contributed by atoms with Gasteiger partial charge >= 0.3 is 0 Å². The lowest BCUT2D eigenvalue weighted by atomic mass is 9.96. The van der Waals surface area contributed by atoms with E-state index in [0.717, 1.165) is 42.6 Å². The van der Waals surface area contributed by atoms with Crippen LogP contribution in [0.25, 0.3) is 0 Å². The van der Waals surface area contributed by atoms with Gasteiger partial charge in [0.25, 0.3) is 0 Å². The van der Waals surface area contributed by atoms with Gasteiger partial charge in [0, 0.05) is 25.0 Å². The monoisotopic (exact) mass is 512 g/mol. The number of benzene rings is 1. The summed E-state index contributed by atoms with van der Waals surface area (Å²) in [4.78, 5) is 4.77. The largest absolute Gasteiger partial charge is 0.355 e. The smallest absolute Gasteiger partial charge is 0.191 e. The van der Waals surface area contributed by atoms with Gasteiger partial charge in [-0.15, -0.1) is 34.2 Å². The molecule has 2 aliphatic rings. The fourth-order valence-corrected chi connectivity index (χ4v) is 3.94. The van der Waals surface area contributed by atoms with Crippen molar-refractivity contribution >= 4 is 29.9 Å². The first-order valence-electron chi connectivity index (χ1n) is 10.2. The SMILES string of the molecule is Cc1nnc(CN=C(NCC2(c3cccc(F)c3)CC2)NC2CCCC2)n1C.I. The second-order valence-corrected chi connectivity index (χ2v) is 8.16. The highest BCUT2D eigenvalue weighted by atomic mass is 127. The Morgan fingerprint density at radius 1 is 1.28 bits per heavy atom. The van der Waals surface area contributed by atoms with E-state index in [1.54, 1.807) is 12.1 Å². The summed E-state index contributed by atoms with van der Waals surface area (Å²) in [7, 11) is 1.96. The average Bonchev–Trinajstić information content (AvgIpc) is 3.19. The fourth-order valence-electron chi connectivity index (χ4n) is 3.94. The van der Waals surface area contributed by atoms with Crippen molar-refractivity contribution in [1.29, 1.82) is 0 Å². The molecule has 2 fully saturated rings. The molecular formula is C21H30FIN6. The Bertz CT molecular complexity index is 855. The zero-order chi connectivity index (χ0) is 19.6. The van der Waals surface area contributed by atoms with E-state index in [-0.39, 0.29) is 35.2 Å². The van der Waals surface area contributed by atoms with Crippen LogP contribution in [-0.2, 0) is 19.0 Å². The lowest BCUT2D eigenvalue weighted by molar-refractivity contribution is 0.584. The van der Waals surface area contributed by atoms with Crippen LogP contribution in [0.4, 0.5) is 4.39 Å². The van der Waals surface area contributed by atoms with Crippen molar-refractivity contribution in [2.75, 3.05) is 6.54 Å². The van der Waals surface area contributed by atoms with Gasteiger partial charge in [-0.05, 0) is 50.3 Å². The Balaban J connectivity index is 0.00000240. The van der Waals surface area contributed by atoms with Crippen molar-refractivity contribution in [2.24, 2.45) is 12.0 Å². The molecule has 6 nitrogen and oxygen atoms in total. The molecule has 29 heavy (non-hydrogen) atoms. The van der Waals surface area contributed by atoms with Gasteiger partial charge in [-0.1, -0.05) is 25.0 Å². The maximum absolute atomic E-state index is 13.7. The second-order valence-electron chi connectivity index (χ2n) is 8.16. The van der Waals surface area contributed by atoms with Crippen LogP contribution in [0.15, 0.2) is 29.3 Å². The molecule has 158 valence electrons. The van der Waals surface area contributed by atoms with E-state index < -0.39 is 0 Å². The highest BCUT2D eigenvalue weighted by Crippen LogP contribution is 2.47. The quantitative estimate of drug-likeness (QED) is 0.353. The molecule has 0 spiro atoms. The number of guanidine groups is 1. The lowest BCUT2D eigenvalue weighted by Gasteiger charge is -2.21. The zero-order valence-electron chi connectivity index (χ0n) is 17.1. The van der Waals surface area contributed by atoms with E-state index in [9.17, 15) is 4.39 Å². The Hall–Kier alpha value is -1.71. The first-order valence-corrected chi connectivity index (χ1v) is 10.2. The Morgan fingerprint density at radius 2 is 2.03 bits per heavy atom. The standard InChI is InChI=1S/C21H29FN6.HI/c1-15-26-27-19(28(15)2)13-23-20(25-18-8-3-4-9-18)24-14-21(10-11-21)16-6-5-7-17(22)12-16;/h5-7,12,18H,3-4,8-11,13-14H2,1-2H3,(H2,23,24,25);1H. The van der Waals surface area contributed by atoms with E-state index >= 15 is 0 Å². The molecule has 0 unspecified atom stereocenters. The van der Waals surface area contributed by atoms with Gasteiger partial charge in [-0.2, -0.15) is 0 Å². The van der Waals surface area contributed by atoms with Gasteiger partial charge in [-0.25, -0.2) is 9.38 Å². The van der Waals surface area contributed by atoms with Crippen LogP contribution in [0, 0.1) is 12.7 Å². The first-order chi connectivity index (χ1) is 13.6. The molecule has 1 aromatic heterocycles. The molecule has 2 aromatic rings. The van der Waals surface area contributed by atoms with E-state index in [0.29, 0.717) is 12.6 Å². The zero-order valence-corrected chi connectivity index (χ0v) is 19.4. The van der Waals surface area contributed by atoms with Crippen LogP contribution in [0.3, 0.4) is 0 Å². The molecule has 1 aromatic carbocycles. The molecule has 4 rings (SSSR count). The predicted molar refractivity (Wildman–Crippen MR) is 123 cm³/mol. The van der Waals surface area contributed by atoms with Gasteiger partial charge < -0.3 is 15.2 Å². The average molecular weight is 512 g/mol. The number of rotatable bonds is 6. The van der Waals surface area contributed by atoms with E-state index in [2.05, 4.69) is 20.8 Å². The van der Waals surface area contributed by atoms with Crippen molar-refractivity contribution in [3.63, 3.8) is 0 Å². The van der Waals surface area contributed by atoms with Crippen molar-refractivity contribution in [2.45, 2.75) is 63.5 Å². The summed E-state index contributed by atoms with van der Waals surface area (Å²) in [6.07, 6.45) is 7.03. The maximum atomic E-state index is 13.7. The highest BCUT2D eigenvalue weighted by molar-refractivity contribution is 14.0. The predicted octanol–water partition coefficient (Wildman–Crippen LogP) is 3.59. The summed E-state index contributed by atoms with van der Waals surface area (Å²) in [6, 6.07) is 7.47. The normalized spacial score (nSPS) is 18.4. The van der Waals surface area contributed by atoms with Crippen LogP contribution in [0.1, 0.15) is 55.7 Å². The minimum absolute atomic E-state index is 0. The molecule has 0 saturated heterocycles. The minimum Gasteiger partial charge on any atom is -0.355 e. The molecular weight excluding hydrogens is 482 g/mol. The Morgan fingerprint density at radius 3 is 2.66 bits per heavy atom.